The number of carbonyl (C=O) groups excluding carboxylic acids is 1. The molecule has 4 heterocycles. The molecule has 1 saturated heterocycles. The largest absolute Gasteiger partial charge is 0.360 e. The van der Waals surface area contributed by atoms with Crippen LogP contribution in [0.15, 0.2) is 30.5 Å². The van der Waals surface area contributed by atoms with Crippen LogP contribution in [0.5, 0.6) is 0 Å². The SMILES string of the molecule is CC(C)(C)C1CC(n2nc(NCc3nc4ccccc4[nH]3)c3ncc(C4CC4)nc32)CCN1[C]=O. The summed E-state index contributed by atoms with van der Waals surface area (Å²) < 4.78 is 2.05. The van der Waals surface area contributed by atoms with Crippen molar-refractivity contribution in [1.82, 2.24) is 34.6 Å². The Morgan fingerprint density at radius 2 is 2.00 bits per heavy atom. The van der Waals surface area contributed by atoms with Gasteiger partial charge in [-0.05, 0) is 43.2 Å². The Balaban J connectivity index is 1.34. The van der Waals surface area contributed by atoms with E-state index in [4.69, 9.17) is 15.1 Å². The predicted octanol–water partition coefficient (Wildman–Crippen LogP) is 4.31. The number of hydrogen-bond donors (Lipinski definition) is 2. The smallest absolute Gasteiger partial charge is 0.312 e. The minimum atomic E-state index is -0.0493. The van der Waals surface area contributed by atoms with Crippen molar-refractivity contribution in [1.29, 1.82) is 0 Å². The number of nitrogens with one attached hydrogen (secondary N) is 2. The van der Waals surface area contributed by atoms with Gasteiger partial charge in [0.2, 0.25) is 0 Å². The molecule has 4 aromatic rings. The molecule has 2 aliphatic rings. The van der Waals surface area contributed by atoms with Gasteiger partial charge in [-0.3, -0.25) is 4.79 Å². The molecule has 1 aliphatic carbocycles. The number of amides is 1. The van der Waals surface area contributed by atoms with E-state index >= 15 is 0 Å². The fraction of sp³-hybridized carbons (Fsp3) is 0.500. The number of anilines is 1. The highest BCUT2D eigenvalue weighted by Gasteiger charge is 2.38. The number of likely N-dealkylation sites (tertiary alicyclic amines) is 1. The standard InChI is InChI=1S/C26H31N8O/c1-26(2,3)21-12-17(10-11-33(21)15-35)34-25-23(27-13-20(31-25)16-8-9-16)24(32-34)28-14-22-29-18-6-4-5-7-19(18)30-22/h4-7,13,16-17,21H,8-12,14H2,1-3H3,(H,28,32)(H,29,30). The van der Waals surface area contributed by atoms with Crippen LogP contribution in [-0.2, 0) is 11.3 Å². The van der Waals surface area contributed by atoms with E-state index in [0.717, 1.165) is 46.6 Å². The molecular weight excluding hydrogens is 440 g/mol. The molecule has 1 saturated carbocycles. The van der Waals surface area contributed by atoms with Gasteiger partial charge in [0.05, 0.1) is 29.3 Å². The monoisotopic (exact) mass is 471 g/mol. The fourth-order valence-corrected chi connectivity index (χ4v) is 5.23. The highest BCUT2D eigenvalue weighted by Crippen LogP contribution is 2.41. The lowest BCUT2D eigenvalue weighted by Crippen LogP contribution is -2.49. The maximum atomic E-state index is 11.6. The number of benzene rings is 1. The summed E-state index contributed by atoms with van der Waals surface area (Å²) in [6, 6.07) is 8.23. The van der Waals surface area contributed by atoms with Crippen LogP contribution < -0.4 is 5.32 Å². The lowest BCUT2D eigenvalue weighted by atomic mass is 9.79. The number of fused-ring (bicyclic) bond motifs is 2. The Bertz CT molecular complexity index is 1350. The summed E-state index contributed by atoms with van der Waals surface area (Å²) in [7, 11) is 0. The van der Waals surface area contributed by atoms with E-state index in [1.807, 2.05) is 35.4 Å². The molecule has 1 radical (unpaired) electrons. The summed E-state index contributed by atoms with van der Waals surface area (Å²) in [5.74, 6) is 2.07. The summed E-state index contributed by atoms with van der Waals surface area (Å²) in [6.45, 7) is 7.70. The number of hydrogen-bond acceptors (Lipinski definition) is 6. The van der Waals surface area contributed by atoms with Crippen LogP contribution in [0.25, 0.3) is 22.2 Å². The first-order chi connectivity index (χ1) is 16.9. The molecule has 181 valence electrons. The average molecular weight is 472 g/mol. The van der Waals surface area contributed by atoms with Crippen LogP contribution in [0, 0.1) is 5.41 Å². The molecule has 1 aromatic carbocycles. The lowest BCUT2D eigenvalue weighted by molar-refractivity contribution is 0.0912. The summed E-state index contributed by atoms with van der Waals surface area (Å²) in [5.41, 5.74) is 4.56. The van der Waals surface area contributed by atoms with Gasteiger partial charge in [0, 0.05) is 24.7 Å². The van der Waals surface area contributed by atoms with Gasteiger partial charge in [0.25, 0.3) is 0 Å². The van der Waals surface area contributed by atoms with Crippen LogP contribution in [0.1, 0.15) is 69.9 Å². The topological polar surface area (TPSA) is 105 Å². The summed E-state index contributed by atoms with van der Waals surface area (Å²) in [5, 5.41) is 8.44. The predicted molar refractivity (Wildman–Crippen MR) is 135 cm³/mol. The van der Waals surface area contributed by atoms with Gasteiger partial charge in [0.15, 0.2) is 17.0 Å². The Morgan fingerprint density at radius 3 is 2.74 bits per heavy atom. The zero-order chi connectivity index (χ0) is 24.2. The number of aromatic amines is 1. The molecule has 0 spiro atoms. The lowest BCUT2D eigenvalue weighted by Gasteiger charge is -2.43. The normalized spacial score (nSPS) is 21.1. The van der Waals surface area contributed by atoms with Crippen LogP contribution in [0.4, 0.5) is 5.82 Å². The zero-order valence-corrected chi connectivity index (χ0v) is 20.5. The van der Waals surface area contributed by atoms with Gasteiger partial charge in [0.1, 0.15) is 5.82 Å². The number of para-hydroxylation sites is 2. The van der Waals surface area contributed by atoms with Crippen molar-refractivity contribution in [3.63, 3.8) is 0 Å². The summed E-state index contributed by atoms with van der Waals surface area (Å²) in [6.07, 6.45) is 8.04. The van der Waals surface area contributed by atoms with Gasteiger partial charge in [-0.2, -0.15) is 5.10 Å². The number of nitrogens with zero attached hydrogens (tertiary/aromatic N) is 6. The highest BCUT2D eigenvalue weighted by molar-refractivity contribution is 5.83. The van der Waals surface area contributed by atoms with E-state index in [1.54, 1.807) is 0 Å². The molecule has 2 atom stereocenters. The first kappa shape index (κ1) is 22.0. The van der Waals surface area contributed by atoms with Crippen molar-refractivity contribution in [2.75, 3.05) is 11.9 Å². The fourth-order valence-electron chi connectivity index (χ4n) is 5.23. The first-order valence-corrected chi connectivity index (χ1v) is 12.5. The van der Waals surface area contributed by atoms with Crippen LogP contribution in [-0.4, -0.2) is 53.6 Å². The molecule has 9 nitrogen and oxygen atoms in total. The molecule has 2 unspecified atom stereocenters. The number of H-pyrrole nitrogens is 1. The molecule has 9 heteroatoms. The number of imidazole rings is 1. The van der Waals surface area contributed by atoms with Crippen molar-refractivity contribution in [2.24, 2.45) is 5.41 Å². The third-order valence-electron chi connectivity index (χ3n) is 7.32. The van der Waals surface area contributed by atoms with Gasteiger partial charge < -0.3 is 15.2 Å². The Kier molecular flexibility index (Phi) is 5.23. The second kappa shape index (κ2) is 8.32. The molecule has 1 aliphatic heterocycles. The van der Waals surface area contributed by atoms with E-state index in [2.05, 4.69) is 47.1 Å². The minimum absolute atomic E-state index is 0.0493. The quantitative estimate of drug-likeness (QED) is 0.434. The Morgan fingerprint density at radius 1 is 1.17 bits per heavy atom. The average Bonchev–Trinajstić information content (AvgIpc) is 3.52. The Hall–Kier alpha value is -3.49. The third-order valence-corrected chi connectivity index (χ3v) is 7.32. The maximum absolute atomic E-state index is 11.6. The van der Waals surface area contributed by atoms with Crippen LogP contribution in [0.2, 0.25) is 0 Å². The second-order valence-electron chi connectivity index (χ2n) is 10.9. The molecule has 35 heavy (non-hydrogen) atoms. The van der Waals surface area contributed by atoms with E-state index in [0.29, 0.717) is 24.8 Å². The van der Waals surface area contributed by atoms with Gasteiger partial charge in [-0.25, -0.2) is 19.6 Å². The van der Waals surface area contributed by atoms with E-state index < -0.39 is 0 Å². The van der Waals surface area contributed by atoms with Crippen molar-refractivity contribution in [3.8, 4) is 0 Å². The van der Waals surface area contributed by atoms with Crippen molar-refractivity contribution >= 4 is 34.4 Å². The summed E-state index contributed by atoms with van der Waals surface area (Å²) in [4.78, 5) is 31.3. The van der Waals surface area contributed by atoms with Gasteiger partial charge in [-0.15, -0.1) is 0 Å². The maximum Gasteiger partial charge on any atom is 0.312 e. The van der Waals surface area contributed by atoms with Crippen molar-refractivity contribution < 1.29 is 4.79 Å². The third kappa shape index (κ3) is 4.13. The number of rotatable bonds is 6. The summed E-state index contributed by atoms with van der Waals surface area (Å²) >= 11 is 0. The minimum Gasteiger partial charge on any atom is -0.360 e. The number of piperidine rings is 1. The van der Waals surface area contributed by atoms with Crippen molar-refractivity contribution in [2.45, 2.75) is 71.0 Å². The molecule has 3 aromatic heterocycles. The first-order valence-electron chi connectivity index (χ1n) is 12.5. The van der Waals surface area contributed by atoms with E-state index in [1.165, 1.54) is 12.8 Å². The molecular formula is C26H31N8O. The molecule has 6 rings (SSSR count). The number of aromatic nitrogens is 6. The molecule has 0 bridgehead atoms. The van der Waals surface area contributed by atoms with Gasteiger partial charge in [-0.1, -0.05) is 32.9 Å². The van der Waals surface area contributed by atoms with E-state index in [9.17, 15) is 4.79 Å². The van der Waals surface area contributed by atoms with E-state index in [-0.39, 0.29) is 17.5 Å². The van der Waals surface area contributed by atoms with Crippen LogP contribution in [0.3, 0.4) is 0 Å². The van der Waals surface area contributed by atoms with Crippen molar-refractivity contribution in [3.05, 3.63) is 42.0 Å². The zero-order valence-electron chi connectivity index (χ0n) is 20.5. The second-order valence-corrected chi connectivity index (χ2v) is 10.9. The highest BCUT2D eigenvalue weighted by atomic mass is 16.1. The molecule has 2 N–H and O–H groups in total. The molecule has 2 fully saturated rings. The van der Waals surface area contributed by atoms with Gasteiger partial charge >= 0.3 is 6.41 Å². The molecule has 1 amide bonds. The van der Waals surface area contributed by atoms with Crippen LogP contribution >= 0.6 is 0 Å². The Labute approximate surface area is 204 Å².